The second kappa shape index (κ2) is 10.8. The van der Waals surface area contributed by atoms with Crippen LogP contribution in [-0.2, 0) is 4.79 Å². The fraction of sp³-hybridized carbons (Fsp3) is 0.240. The SMILES string of the molecule is CCCCN1C(=O)/C(=C/c2cn(-c3ccccc3)nc2-c2ccc(OCC)c([N+](=O)[O-])c2)SC1=S. The number of nitro groups is 1. The Morgan fingerprint density at radius 1 is 1.20 bits per heavy atom. The van der Waals surface area contributed by atoms with Crippen molar-refractivity contribution in [2.24, 2.45) is 0 Å². The molecule has 4 rings (SSSR count). The third-order valence-corrected chi connectivity index (χ3v) is 6.77. The molecule has 35 heavy (non-hydrogen) atoms. The fourth-order valence-electron chi connectivity index (χ4n) is 3.67. The summed E-state index contributed by atoms with van der Waals surface area (Å²) in [5.74, 6) is 0.0617. The Hall–Kier alpha value is -3.50. The van der Waals surface area contributed by atoms with Gasteiger partial charge in [-0.15, -0.1) is 0 Å². The maximum Gasteiger partial charge on any atom is 0.311 e. The van der Waals surface area contributed by atoms with Crippen LogP contribution in [0.25, 0.3) is 23.0 Å². The highest BCUT2D eigenvalue weighted by Crippen LogP contribution is 2.37. The average molecular weight is 509 g/mol. The number of thioether (sulfide) groups is 1. The predicted octanol–water partition coefficient (Wildman–Crippen LogP) is 5.85. The van der Waals surface area contributed by atoms with Gasteiger partial charge in [-0.1, -0.05) is 55.5 Å². The minimum Gasteiger partial charge on any atom is -0.487 e. The van der Waals surface area contributed by atoms with Crippen LogP contribution in [0.15, 0.2) is 59.6 Å². The van der Waals surface area contributed by atoms with Gasteiger partial charge < -0.3 is 4.74 Å². The van der Waals surface area contributed by atoms with Crippen LogP contribution in [0.1, 0.15) is 32.3 Å². The van der Waals surface area contributed by atoms with Gasteiger partial charge in [-0.2, -0.15) is 5.10 Å². The lowest BCUT2D eigenvalue weighted by molar-refractivity contribution is -0.385. The van der Waals surface area contributed by atoms with E-state index in [0.717, 1.165) is 18.5 Å². The Balaban J connectivity index is 1.81. The van der Waals surface area contributed by atoms with E-state index in [1.807, 2.05) is 36.5 Å². The summed E-state index contributed by atoms with van der Waals surface area (Å²) in [6.45, 7) is 4.73. The largest absolute Gasteiger partial charge is 0.487 e. The Kier molecular flexibility index (Phi) is 7.62. The lowest BCUT2D eigenvalue weighted by Gasteiger charge is -2.12. The number of aromatic nitrogens is 2. The molecule has 0 atom stereocenters. The minimum absolute atomic E-state index is 0.135. The highest BCUT2D eigenvalue weighted by molar-refractivity contribution is 8.26. The fourth-order valence-corrected chi connectivity index (χ4v) is 4.96. The first-order valence-corrected chi connectivity index (χ1v) is 12.5. The average Bonchev–Trinajstić information content (AvgIpc) is 3.39. The topological polar surface area (TPSA) is 90.5 Å². The number of hydrogen-bond donors (Lipinski definition) is 0. The molecule has 0 spiro atoms. The standard InChI is InChI=1S/C25H24N4O4S2/c1-3-5-13-27-24(30)22(35-25(27)34)15-18-16-28(19-9-7-6-8-10-19)26-23(18)17-11-12-21(33-4-2)20(14-17)29(31)32/h6-12,14-16H,3-5,13H2,1-2H3/b22-15-. The Bertz CT molecular complexity index is 1300. The van der Waals surface area contributed by atoms with Gasteiger partial charge in [0, 0.05) is 29.9 Å². The van der Waals surface area contributed by atoms with Crippen LogP contribution in [0.2, 0.25) is 0 Å². The molecule has 1 fully saturated rings. The summed E-state index contributed by atoms with van der Waals surface area (Å²) in [6, 6.07) is 14.3. The number of ether oxygens (including phenoxy) is 1. The zero-order chi connectivity index (χ0) is 24.9. The zero-order valence-electron chi connectivity index (χ0n) is 19.3. The maximum absolute atomic E-state index is 13.0. The first-order valence-electron chi connectivity index (χ1n) is 11.2. The second-order valence-electron chi connectivity index (χ2n) is 7.77. The summed E-state index contributed by atoms with van der Waals surface area (Å²) in [6.07, 6.45) is 5.40. The van der Waals surface area contributed by atoms with Crippen molar-refractivity contribution in [3.8, 4) is 22.7 Å². The Labute approximate surface area is 212 Å². The number of hydrogen-bond acceptors (Lipinski definition) is 7. The van der Waals surface area contributed by atoms with Crippen LogP contribution < -0.4 is 4.74 Å². The number of nitro benzene ring substituents is 1. The molecule has 3 aromatic rings. The highest BCUT2D eigenvalue weighted by Gasteiger charge is 2.32. The third kappa shape index (κ3) is 5.28. The van der Waals surface area contributed by atoms with Gasteiger partial charge >= 0.3 is 5.69 Å². The lowest BCUT2D eigenvalue weighted by atomic mass is 10.1. The van der Waals surface area contributed by atoms with Gasteiger partial charge in [0.2, 0.25) is 0 Å². The van der Waals surface area contributed by atoms with Crippen LogP contribution in [0.4, 0.5) is 5.69 Å². The van der Waals surface area contributed by atoms with Crippen molar-refractivity contribution in [1.29, 1.82) is 0 Å². The van der Waals surface area contributed by atoms with Crippen molar-refractivity contribution in [1.82, 2.24) is 14.7 Å². The van der Waals surface area contributed by atoms with Gasteiger partial charge in [-0.25, -0.2) is 4.68 Å². The quantitative estimate of drug-likeness (QED) is 0.155. The monoisotopic (exact) mass is 508 g/mol. The van der Waals surface area contributed by atoms with Crippen molar-refractivity contribution < 1.29 is 14.5 Å². The number of rotatable bonds is 9. The summed E-state index contributed by atoms with van der Waals surface area (Å²) in [4.78, 5) is 26.4. The normalized spacial score (nSPS) is 14.7. The molecule has 1 amide bonds. The van der Waals surface area contributed by atoms with Crippen LogP contribution in [-0.4, -0.2) is 43.0 Å². The van der Waals surface area contributed by atoms with E-state index in [1.54, 1.807) is 34.7 Å². The lowest BCUT2D eigenvalue weighted by Crippen LogP contribution is -2.28. The molecular formula is C25H24N4O4S2. The molecule has 10 heteroatoms. The molecule has 0 radical (unpaired) electrons. The number of unbranched alkanes of at least 4 members (excludes halogenated alkanes) is 1. The smallest absolute Gasteiger partial charge is 0.311 e. The first-order chi connectivity index (χ1) is 16.9. The molecular weight excluding hydrogens is 484 g/mol. The van der Waals surface area contributed by atoms with E-state index < -0.39 is 4.92 Å². The van der Waals surface area contributed by atoms with Crippen molar-refractivity contribution in [2.75, 3.05) is 13.2 Å². The predicted molar refractivity (Wildman–Crippen MR) is 142 cm³/mol. The van der Waals surface area contributed by atoms with E-state index in [9.17, 15) is 14.9 Å². The van der Waals surface area contributed by atoms with Crippen LogP contribution in [0, 0.1) is 10.1 Å². The Morgan fingerprint density at radius 2 is 1.97 bits per heavy atom. The van der Waals surface area contributed by atoms with E-state index in [2.05, 4.69) is 6.92 Å². The highest BCUT2D eigenvalue weighted by atomic mass is 32.2. The minimum atomic E-state index is -0.471. The van der Waals surface area contributed by atoms with Gasteiger partial charge in [0.25, 0.3) is 5.91 Å². The molecule has 1 aliphatic heterocycles. The Morgan fingerprint density at radius 3 is 2.66 bits per heavy atom. The molecule has 180 valence electrons. The molecule has 2 heterocycles. The summed E-state index contributed by atoms with van der Waals surface area (Å²) in [5.41, 5.74) is 2.39. The van der Waals surface area contributed by atoms with Crippen molar-refractivity contribution >= 4 is 46.0 Å². The van der Waals surface area contributed by atoms with Crippen LogP contribution >= 0.6 is 24.0 Å². The number of carbonyl (C=O) groups is 1. The molecule has 1 aliphatic rings. The second-order valence-corrected chi connectivity index (χ2v) is 9.45. The van der Waals surface area contributed by atoms with Crippen LogP contribution in [0.5, 0.6) is 5.75 Å². The van der Waals surface area contributed by atoms with Crippen LogP contribution in [0.3, 0.4) is 0 Å². The van der Waals surface area contributed by atoms with Gasteiger partial charge in [0.15, 0.2) is 5.75 Å². The van der Waals surface area contributed by atoms with Gasteiger partial charge in [-0.3, -0.25) is 19.8 Å². The number of nitrogens with zero attached hydrogens (tertiary/aromatic N) is 4. The maximum atomic E-state index is 13.0. The first kappa shape index (κ1) is 24.6. The number of carbonyl (C=O) groups excluding carboxylic acids is 1. The molecule has 0 bridgehead atoms. The van der Waals surface area contributed by atoms with Crippen molar-refractivity contribution in [3.63, 3.8) is 0 Å². The zero-order valence-corrected chi connectivity index (χ0v) is 21.0. The number of para-hydroxylation sites is 1. The molecule has 0 unspecified atom stereocenters. The van der Waals surface area contributed by atoms with Gasteiger partial charge in [0.1, 0.15) is 10.0 Å². The molecule has 1 aromatic heterocycles. The molecule has 8 nitrogen and oxygen atoms in total. The summed E-state index contributed by atoms with van der Waals surface area (Å²) >= 11 is 6.69. The van der Waals surface area contributed by atoms with E-state index in [1.165, 1.54) is 17.8 Å². The summed E-state index contributed by atoms with van der Waals surface area (Å²) in [5, 5.41) is 16.4. The molecule has 0 saturated carbocycles. The van der Waals surface area contributed by atoms with Gasteiger partial charge in [-0.05, 0) is 43.7 Å². The number of thiocarbonyl (C=S) groups is 1. The summed E-state index contributed by atoms with van der Waals surface area (Å²) < 4.78 is 7.65. The van der Waals surface area contributed by atoms with Crippen molar-refractivity contribution in [2.45, 2.75) is 26.7 Å². The molecule has 1 saturated heterocycles. The third-order valence-electron chi connectivity index (χ3n) is 5.39. The van der Waals surface area contributed by atoms with E-state index >= 15 is 0 Å². The van der Waals surface area contributed by atoms with E-state index in [0.29, 0.717) is 39.2 Å². The molecule has 0 N–H and O–H groups in total. The van der Waals surface area contributed by atoms with Gasteiger partial charge in [0.05, 0.1) is 22.1 Å². The van der Waals surface area contributed by atoms with E-state index in [-0.39, 0.29) is 17.3 Å². The van der Waals surface area contributed by atoms with Crippen molar-refractivity contribution in [3.05, 3.63) is 75.3 Å². The molecule has 0 aliphatic carbocycles. The molecule has 2 aromatic carbocycles. The number of amides is 1. The summed E-state index contributed by atoms with van der Waals surface area (Å²) in [7, 11) is 0. The van der Waals surface area contributed by atoms with E-state index in [4.69, 9.17) is 22.1 Å². The number of benzene rings is 2.